The van der Waals surface area contributed by atoms with Crippen molar-refractivity contribution in [1.82, 2.24) is 24.4 Å². The first kappa shape index (κ1) is 18.2. The number of anilines is 4. The third-order valence-corrected chi connectivity index (χ3v) is 5.94. The Morgan fingerprint density at radius 2 is 1.55 bits per heavy atom. The van der Waals surface area contributed by atoms with Crippen molar-refractivity contribution >= 4 is 34.3 Å². The Labute approximate surface area is 171 Å². The number of nitrogens with zero attached hydrogens (tertiary/aromatic N) is 7. The molecule has 1 aromatic carbocycles. The summed E-state index contributed by atoms with van der Waals surface area (Å²) in [6, 6.07) is 8.62. The zero-order chi connectivity index (χ0) is 19.8. The molecule has 8 heteroatoms. The van der Waals surface area contributed by atoms with Crippen molar-refractivity contribution in [3.63, 3.8) is 0 Å². The molecule has 0 amide bonds. The Morgan fingerprint density at radius 1 is 0.828 bits per heavy atom. The number of hydrogen-bond donors (Lipinski definition) is 1. The van der Waals surface area contributed by atoms with Gasteiger partial charge in [0.15, 0.2) is 17.0 Å². The van der Waals surface area contributed by atoms with Gasteiger partial charge in [0.2, 0.25) is 5.95 Å². The van der Waals surface area contributed by atoms with Gasteiger partial charge >= 0.3 is 0 Å². The fourth-order valence-electron chi connectivity index (χ4n) is 4.10. The van der Waals surface area contributed by atoms with Crippen molar-refractivity contribution in [2.24, 2.45) is 7.05 Å². The molecule has 0 bridgehead atoms. The van der Waals surface area contributed by atoms with Gasteiger partial charge in [-0.1, -0.05) is 0 Å². The minimum Gasteiger partial charge on any atom is -0.369 e. The van der Waals surface area contributed by atoms with Crippen LogP contribution in [0.1, 0.15) is 12.8 Å². The van der Waals surface area contributed by atoms with E-state index in [1.807, 2.05) is 11.6 Å². The average molecular weight is 393 g/mol. The SMILES string of the molecule is CN1CCN(c2ccc(Nc3nc(N4CCCC4)nc4c3ncn4C)cc2)CC1. The van der Waals surface area contributed by atoms with Crippen molar-refractivity contribution in [1.29, 1.82) is 0 Å². The van der Waals surface area contributed by atoms with Crippen LogP contribution in [0.15, 0.2) is 30.6 Å². The Kier molecular flexibility index (Phi) is 4.71. The molecule has 8 nitrogen and oxygen atoms in total. The number of aromatic nitrogens is 4. The molecule has 2 saturated heterocycles. The number of nitrogens with one attached hydrogen (secondary N) is 1. The smallest absolute Gasteiger partial charge is 0.229 e. The lowest BCUT2D eigenvalue weighted by molar-refractivity contribution is 0.313. The summed E-state index contributed by atoms with van der Waals surface area (Å²) < 4.78 is 1.96. The van der Waals surface area contributed by atoms with Crippen LogP contribution in [-0.4, -0.2) is 70.7 Å². The predicted molar refractivity (Wildman–Crippen MR) is 117 cm³/mol. The summed E-state index contributed by atoms with van der Waals surface area (Å²) in [7, 11) is 4.16. The van der Waals surface area contributed by atoms with Crippen LogP contribution in [0, 0.1) is 0 Å². The number of aryl methyl sites for hydroxylation is 1. The second-order valence-electron chi connectivity index (χ2n) is 8.06. The van der Waals surface area contributed by atoms with Crippen molar-refractivity contribution in [2.75, 3.05) is 61.4 Å². The molecule has 3 aromatic rings. The van der Waals surface area contributed by atoms with E-state index < -0.39 is 0 Å². The summed E-state index contributed by atoms with van der Waals surface area (Å²) >= 11 is 0. The lowest BCUT2D eigenvalue weighted by atomic mass is 10.2. The zero-order valence-corrected chi connectivity index (χ0v) is 17.2. The average Bonchev–Trinajstić information content (AvgIpc) is 3.40. The van der Waals surface area contributed by atoms with Gasteiger partial charge < -0.3 is 24.6 Å². The quantitative estimate of drug-likeness (QED) is 0.732. The van der Waals surface area contributed by atoms with E-state index in [0.29, 0.717) is 0 Å². The summed E-state index contributed by atoms with van der Waals surface area (Å²) in [4.78, 5) is 21.2. The Balaban J connectivity index is 1.41. The lowest BCUT2D eigenvalue weighted by Gasteiger charge is -2.34. The van der Waals surface area contributed by atoms with Gasteiger partial charge in [-0.25, -0.2) is 4.98 Å². The molecular formula is C21H28N8. The highest BCUT2D eigenvalue weighted by Crippen LogP contribution is 2.28. The summed E-state index contributed by atoms with van der Waals surface area (Å²) in [6.45, 7) is 6.40. The van der Waals surface area contributed by atoms with Gasteiger partial charge in [0.05, 0.1) is 6.33 Å². The molecule has 0 radical (unpaired) electrons. The summed E-state index contributed by atoms with van der Waals surface area (Å²) in [5.41, 5.74) is 3.95. The van der Waals surface area contributed by atoms with E-state index >= 15 is 0 Å². The van der Waals surface area contributed by atoms with Crippen molar-refractivity contribution < 1.29 is 0 Å². The third-order valence-electron chi connectivity index (χ3n) is 5.94. The van der Waals surface area contributed by atoms with Gasteiger partial charge in [-0.15, -0.1) is 0 Å². The number of rotatable bonds is 4. The van der Waals surface area contributed by atoms with Crippen molar-refractivity contribution in [3.05, 3.63) is 30.6 Å². The van der Waals surface area contributed by atoms with Crippen molar-refractivity contribution in [2.45, 2.75) is 12.8 Å². The van der Waals surface area contributed by atoms with E-state index in [9.17, 15) is 0 Å². The normalized spacial score (nSPS) is 18.0. The zero-order valence-electron chi connectivity index (χ0n) is 17.2. The number of likely N-dealkylation sites (N-methyl/N-ethyl adjacent to an activating group) is 1. The molecule has 0 atom stereocenters. The van der Waals surface area contributed by atoms with Crippen LogP contribution in [0.4, 0.5) is 23.1 Å². The molecule has 2 aromatic heterocycles. The first-order valence-corrected chi connectivity index (χ1v) is 10.4. The maximum absolute atomic E-state index is 4.82. The van der Waals surface area contributed by atoms with Crippen LogP contribution in [0.3, 0.4) is 0 Å². The molecule has 0 aliphatic carbocycles. The predicted octanol–water partition coefficient (Wildman–Crippen LogP) is 2.46. The molecular weight excluding hydrogens is 364 g/mol. The summed E-state index contributed by atoms with van der Waals surface area (Å²) in [5.74, 6) is 1.56. The first-order chi connectivity index (χ1) is 14.2. The number of fused-ring (bicyclic) bond motifs is 1. The highest BCUT2D eigenvalue weighted by atomic mass is 15.3. The monoisotopic (exact) mass is 392 g/mol. The fourth-order valence-corrected chi connectivity index (χ4v) is 4.10. The molecule has 152 valence electrons. The second-order valence-corrected chi connectivity index (χ2v) is 8.06. The number of imidazole rings is 1. The standard InChI is InChI=1S/C21H28N8/c1-26-11-13-28(14-12-26)17-7-5-16(6-8-17)23-19-18-20(27(2)15-22-18)25-21(24-19)29-9-3-4-10-29/h5-8,15H,3-4,9-14H2,1-2H3,(H,23,24,25). The molecule has 0 saturated carbocycles. The molecule has 4 heterocycles. The van der Waals surface area contributed by atoms with Crippen LogP contribution in [0.5, 0.6) is 0 Å². The molecule has 2 fully saturated rings. The highest BCUT2D eigenvalue weighted by Gasteiger charge is 2.20. The van der Waals surface area contributed by atoms with Gasteiger partial charge in [0.1, 0.15) is 0 Å². The lowest BCUT2D eigenvalue weighted by Crippen LogP contribution is -2.44. The summed E-state index contributed by atoms with van der Waals surface area (Å²) in [6.07, 6.45) is 4.20. The number of piperazine rings is 1. The van der Waals surface area contributed by atoms with Crippen LogP contribution in [0.25, 0.3) is 11.2 Å². The first-order valence-electron chi connectivity index (χ1n) is 10.4. The minimum atomic E-state index is 0.768. The van der Waals surface area contributed by atoms with E-state index in [1.165, 1.54) is 18.5 Å². The molecule has 0 spiro atoms. The van der Waals surface area contributed by atoms with Crippen LogP contribution < -0.4 is 15.1 Å². The number of hydrogen-bond acceptors (Lipinski definition) is 7. The van der Waals surface area contributed by atoms with Gasteiger partial charge in [-0.05, 0) is 44.2 Å². The van der Waals surface area contributed by atoms with Crippen LogP contribution in [0.2, 0.25) is 0 Å². The van der Waals surface area contributed by atoms with Crippen LogP contribution in [-0.2, 0) is 7.05 Å². The minimum absolute atomic E-state index is 0.768. The van der Waals surface area contributed by atoms with E-state index in [1.54, 1.807) is 6.33 Å². The molecule has 1 N–H and O–H groups in total. The van der Waals surface area contributed by atoms with Gasteiger partial charge in [-0.3, -0.25) is 0 Å². The van der Waals surface area contributed by atoms with E-state index in [4.69, 9.17) is 9.97 Å². The van der Waals surface area contributed by atoms with Gasteiger partial charge in [0.25, 0.3) is 0 Å². The fraction of sp³-hybridized carbons (Fsp3) is 0.476. The Hall–Kier alpha value is -2.87. The highest BCUT2D eigenvalue weighted by molar-refractivity contribution is 5.86. The maximum Gasteiger partial charge on any atom is 0.229 e. The van der Waals surface area contributed by atoms with Gasteiger partial charge in [-0.2, -0.15) is 9.97 Å². The number of benzene rings is 1. The third kappa shape index (κ3) is 3.60. The molecule has 2 aliphatic heterocycles. The van der Waals surface area contributed by atoms with E-state index in [-0.39, 0.29) is 0 Å². The Bertz CT molecular complexity index is 982. The molecule has 5 rings (SSSR count). The molecule has 2 aliphatic rings. The molecule has 0 unspecified atom stereocenters. The Morgan fingerprint density at radius 3 is 2.28 bits per heavy atom. The topological polar surface area (TPSA) is 65.3 Å². The van der Waals surface area contributed by atoms with E-state index in [0.717, 1.165) is 67.9 Å². The second kappa shape index (κ2) is 7.51. The van der Waals surface area contributed by atoms with Gasteiger partial charge in [0, 0.05) is 57.7 Å². The van der Waals surface area contributed by atoms with Crippen LogP contribution >= 0.6 is 0 Å². The summed E-state index contributed by atoms with van der Waals surface area (Å²) in [5, 5.41) is 3.48. The van der Waals surface area contributed by atoms with E-state index in [2.05, 4.69) is 56.3 Å². The molecule has 29 heavy (non-hydrogen) atoms. The van der Waals surface area contributed by atoms with Crippen molar-refractivity contribution in [3.8, 4) is 0 Å². The maximum atomic E-state index is 4.82. The largest absolute Gasteiger partial charge is 0.369 e.